The number of pyridine rings is 1. The smallest absolute Gasteiger partial charge is 0.313 e. The fraction of sp³-hybridized carbons (Fsp3) is 0.278. The molecule has 4 rings (SSSR count). The van der Waals surface area contributed by atoms with Gasteiger partial charge in [-0.2, -0.15) is 18.3 Å². The summed E-state index contributed by atoms with van der Waals surface area (Å²) in [7, 11) is 0. The minimum absolute atomic E-state index is 0.384. The number of nitrogens with one attached hydrogen (secondary N) is 3. The van der Waals surface area contributed by atoms with E-state index in [1.54, 1.807) is 4.90 Å². The fourth-order valence-corrected chi connectivity index (χ4v) is 3.21. The van der Waals surface area contributed by atoms with Crippen LogP contribution in [0.15, 0.2) is 42.6 Å². The molecule has 28 heavy (non-hydrogen) atoms. The van der Waals surface area contributed by atoms with Gasteiger partial charge in [0.25, 0.3) is 0 Å². The normalized spacial score (nSPS) is 17.7. The minimum atomic E-state index is -4.45. The van der Waals surface area contributed by atoms with Gasteiger partial charge >= 0.3 is 12.2 Å². The van der Waals surface area contributed by atoms with Crippen molar-refractivity contribution in [2.24, 2.45) is 0 Å². The highest BCUT2D eigenvalue weighted by Crippen LogP contribution is 2.30. The van der Waals surface area contributed by atoms with E-state index in [-0.39, 0.29) is 6.03 Å². The Hall–Kier alpha value is -3.14. The summed E-state index contributed by atoms with van der Waals surface area (Å²) in [6.07, 6.45) is -3.66. The molecular formula is C18H17F3N6O. The number of benzene rings is 1. The van der Waals surface area contributed by atoms with Gasteiger partial charge in [0.1, 0.15) is 0 Å². The summed E-state index contributed by atoms with van der Waals surface area (Å²) in [5.41, 5.74) is 0.361. The fourth-order valence-electron chi connectivity index (χ4n) is 3.21. The minimum Gasteiger partial charge on any atom is -0.313 e. The maximum Gasteiger partial charge on any atom is 0.417 e. The van der Waals surface area contributed by atoms with E-state index < -0.39 is 17.8 Å². The predicted octanol–water partition coefficient (Wildman–Crippen LogP) is 3.16. The third-order valence-electron chi connectivity index (χ3n) is 4.66. The molecule has 1 aliphatic heterocycles. The van der Waals surface area contributed by atoms with Crippen LogP contribution in [0.1, 0.15) is 17.3 Å². The number of rotatable bonds is 2. The molecule has 3 heterocycles. The second-order valence-corrected chi connectivity index (χ2v) is 6.43. The van der Waals surface area contributed by atoms with Gasteiger partial charge in [-0.05, 0) is 24.3 Å². The van der Waals surface area contributed by atoms with Crippen LogP contribution in [0.2, 0.25) is 0 Å². The van der Waals surface area contributed by atoms with E-state index >= 15 is 0 Å². The molecule has 3 aromatic rings. The van der Waals surface area contributed by atoms with E-state index in [2.05, 4.69) is 25.8 Å². The average Bonchev–Trinajstić information content (AvgIpc) is 3.10. The van der Waals surface area contributed by atoms with Gasteiger partial charge in [-0.15, -0.1) is 0 Å². The van der Waals surface area contributed by atoms with Crippen LogP contribution in [0.25, 0.3) is 10.9 Å². The van der Waals surface area contributed by atoms with Crippen molar-refractivity contribution in [3.05, 3.63) is 53.9 Å². The number of aromatic amines is 1. The van der Waals surface area contributed by atoms with Gasteiger partial charge in [0.15, 0.2) is 5.82 Å². The van der Waals surface area contributed by atoms with E-state index in [0.717, 1.165) is 23.2 Å². The van der Waals surface area contributed by atoms with Gasteiger partial charge in [-0.25, -0.2) is 4.79 Å². The standard InChI is InChI=1S/C18H17F3N6O/c19-18(20,21)11-5-6-14(23-9-11)15-10-22-7-8-27(15)17(28)24-16-12-3-1-2-4-13(12)25-26-16/h1-6,9,15,22H,7-8,10H2,(H2,24,25,26,28). The van der Waals surface area contributed by atoms with Crippen LogP contribution in [0, 0.1) is 0 Å². The van der Waals surface area contributed by atoms with Crippen molar-refractivity contribution in [1.82, 2.24) is 25.4 Å². The Morgan fingerprint density at radius 2 is 2.04 bits per heavy atom. The molecule has 146 valence electrons. The summed E-state index contributed by atoms with van der Waals surface area (Å²) in [6.45, 7) is 1.36. The number of alkyl halides is 3. The predicted molar refractivity (Wildman–Crippen MR) is 96.7 cm³/mol. The lowest BCUT2D eigenvalue weighted by Gasteiger charge is -2.35. The molecule has 0 saturated carbocycles. The molecule has 1 atom stereocenters. The number of anilines is 1. The zero-order valence-corrected chi connectivity index (χ0v) is 14.6. The van der Waals surface area contributed by atoms with Crippen LogP contribution in [-0.2, 0) is 6.18 Å². The molecular weight excluding hydrogens is 373 g/mol. The number of carbonyl (C=O) groups is 1. The molecule has 7 nitrogen and oxygen atoms in total. The Kier molecular flexibility index (Phi) is 4.63. The van der Waals surface area contributed by atoms with Crippen LogP contribution in [0.3, 0.4) is 0 Å². The Balaban J connectivity index is 1.55. The number of aromatic nitrogens is 3. The lowest BCUT2D eigenvalue weighted by molar-refractivity contribution is -0.137. The molecule has 1 unspecified atom stereocenters. The van der Waals surface area contributed by atoms with E-state index in [9.17, 15) is 18.0 Å². The maximum absolute atomic E-state index is 12.8. The number of nitrogens with zero attached hydrogens (tertiary/aromatic N) is 3. The molecule has 2 aromatic heterocycles. The largest absolute Gasteiger partial charge is 0.417 e. The number of halogens is 3. The Morgan fingerprint density at radius 1 is 1.21 bits per heavy atom. The summed E-state index contributed by atoms with van der Waals surface area (Å²) >= 11 is 0. The molecule has 2 amide bonds. The molecule has 1 fully saturated rings. The van der Waals surface area contributed by atoms with Gasteiger partial charge in [0.05, 0.1) is 22.8 Å². The molecule has 0 spiro atoms. The summed E-state index contributed by atoms with van der Waals surface area (Å²) < 4.78 is 38.3. The lowest BCUT2D eigenvalue weighted by atomic mass is 10.1. The van der Waals surface area contributed by atoms with Crippen molar-refractivity contribution < 1.29 is 18.0 Å². The summed E-state index contributed by atoms with van der Waals surface area (Å²) in [6, 6.07) is 8.80. The average molecular weight is 390 g/mol. The molecule has 1 saturated heterocycles. The number of fused-ring (bicyclic) bond motifs is 1. The van der Waals surface area contributed by atoms with Crippen molar-refractivity contribution in [2.75, 3.05) is 25.0 Å². The number of hydrogen-bond acceptors (Lipinski definition) is 4. The SMILES string of the molecule is O=C(Nc1n[nH]c2ccccc12)N1CCNCC1c1ccc(C(F)(F)F)cn1. The number of urea groups is 1. The second-order valence-electron chi connectivity index (χ2n) is 6.43. The molecule has 3 N–H and O–H groups in total. The maximum atomic E-state index is 12.8. The highest BCUT2D eigenvalue weighted by Gasteiger charge is 2.33. The first-order valence-electron chi connectivity index (χ1n) is 8.68. The highest BCUT2D eigenvalue weighted by atomic mass is 19.4. The van der Waals surface area contributed by atoms with Gasteiger partial charge < -0.3 is 10.2 Å². The van der Waals surface area contributed by atoms with Gasteiger partial charge in [0, 0.05) is 31.2 Å². The van der Waals surface area contributed by atoms with Crippen molar-refractivity contribution >= 4 is 22.8 Å². The molecule has 0 radical (unpaired) electrons. The first kappa shape index (κ1) is 18.2. The van der Waals surface area contributed by atoms with Crippen LogP contribution >= 0.6 is 0 Å². The van der Waals surface area contributed by atoms with Gasteiger partial charge in [0.2, 0.25) is 0 Å². The van der Waals surface area contributed by atoms with Crippen molar-refractivity contribution in [1.29, 1.82) is 0 Å². The van der Waals surface area contributed by atoms with Gasteiger partial charge in [-0.1, -0.05) is 12.1 Å². The summed E-state index contributed by atoms with van der Waals surface area (Å²) in [5.74, 6) is 0.401. The first-order chi connectivity index (χ1) is 13.4. The van der Waals surface area contributed by atoms with Crippen molar-refractivity contribution in [2.45, 2.75) is 12.2 Å². The van der Waals surface area contributed by atoms with E-state index in [4.69, 9.17) is 0 Å². The van der Waals surface area contributed by atoms with Crippen LogP contribution in [0.4, 0.5) is 23.8 Å². The molecule has 0 bridgehead atoms. The van der Waals surface area contributed by atoms with E-state index in [0.29, 0.717) is 31.1 Å². The first-order valence-corrected chi connectivity index (χ1v) is 8.68. The topological polar surface area (TPSA) is 85.9 Å². The van der Waals surface area contributed by atoms with E-state index in [1.807, 2.05) is 24.3 Å². The Bertz CT molecular complexity index is 985. The monoisotopic (exact) mass is 390 g/mol. The third kappa shape index (κ3) is 3.50. The number of carbonyl (C=O) groups excluding carboxylic acids is 1. The zero-order chi connectivity index (χ0) is 19.7. The van der Waals surface area contributed by atoms with Crippen molar-refractivity contribution in [3.8, 4) is 0 Å². The number of piperazine rings is 1. The lowest BCUT2D eigenvalue weighted by Crippen LogP contribution is -2.50. The number of hydrogen-bond donors (Lipinski definition) is 3. The van der Waals surface area contributed by atoms with Crippen molar-refractivity contribution in [3.63, 3.8) is 0 Å². The summed E-state index contributed by atoms with van der Waals surface area (Å²) in [5, 5.41) is 13.7. The molecule has 0 aliphatic carbocycles. The molecule has 10 heteroatoms. The second kappa shape index (κ2) is 7.12. The summed E-state index contributed by atoms with van der Waals surface area (Å²) in [4.78, 5) is 18.3. The quantitative estimate of drug-likeness (QED) is 0.628. The van der Waals surface area contributed by atoms with E-state index in [1.165, 1.54) is 6.07 Å². The zero-order valence-electron chi connectivity index (χ0n) is 14.6. The third-order valence-corrected chi connectivity index (χ3v) is 4.66. The number of H-pyrrole nitrogens is 1. The van der Waals surface area contributed by atoms with Crippen LogP contribution in [0.5, 0.6) is 0 Å². The highest BCUT2D eigenvalue weighted by molar-refractivity contribution is 5.99. The number of para-hydroxylation sites is 1. The molecule has 1 aliphatic rings. The Morgan fingerprint density at radius 3 is 2.79 bits per heavy atom. The van der Waals surface area contributed by atoms with Crippen LogP contribution in [-0.4, -0.2) is 45.7 Å². The van der Waals surface area contributed by atoms with Gasteiger partial charge in [-0.3, -0.25) is 15.4 Å². The van der Waals surface area contributed by atoms with Crippen LogP contribution < -0.4 is 10.6 Å². The number of amides is 2. The molecule has 1 aromatic carbocycles. The Labute approximate surface area is 157 Å².